The van der Waals surface area contributed by atoms with Gasteiger partial charge in [0.1, 0.15) is 10.7 Å². The Kier molecular flexibility index (Phi) is 4.38. The van der Waals surface area contributed by atoms with Gasteiger partial charge in [-0.1, -0.05) is 12.1 Å². The predicted octanol–water partition coefficient (Wildman–Crippen LogP) is 1.44. The maximum atomic E-state index is 11.7. The molecule has 1 amide bonds. The highest BCUT2D eigenvalue weighted by Crippen LogP contribution is 2.31. The van der Waals surface area contributed by atoms with Crippen molar-refractivity contribution in [1.29, 1.82) is 0 Å². The molecule has 0 saturated carbocycles. The Morgan fingerprint density at radius 1 is 1.45 bits per heavy atom. The highest BCUT2D eigenvalue weighted by atomic mass is 32.1. The van der Waals surface area contributed by atoms with E-state index in [0.717, 1.165) is 11.3 Å². The monoisotopic (exact) mass is 293 g/mol. The first kappa shape index (κ1) is 14.1. The SMILES string of the molecule is O=C(NCCO)c1csc(-c2ccccc2[N+](=O)[O-])n1. The molecule has 0 aliphatic heterocycles. The Bertz CT molecular complexity index is 641. The number of nitrogens with zero attached hydrogens (tertiary/aromatic N) is 2. The Balaban J connectivity index is 2.29. The topological polar surface area (TPSA) is 105 Å². The lowest BCUT2D eigenvalue weighted by atomic mass is 10.2. The number of aromatic nitrogens is 1. The molecular weight excluding hydrogens is 282 g/mol. The van der Waals surface area contributed by atoms with Crippen LogP contribution in [0.5, 0.6) is 0 Å². The van der Waals surface area contributed by atoms with Crippen molar-refractivity contribution in [3.63, 3.8) is 0 Å². The summed E-state index contributed by atoms with van der Waals surface area (Å²) in [5, 5.41) is 24.0. The van der Waals surface area contributed by atoms with Gasteiger partial charge < -0.3 is 10.4 Å². The lowest BCUT2D eigenvalue weighted by molar-refractivity contribution is -0.384. The molecule has 1 aromatic carbocycles. The third-order valence-electron chi connectivity index (χ3n) is 2.47. The zero-order valence-electron chi connectivity index (χ0n) is 10.3. The molecule has 8 heteroatoms. The van der Waals surface area contributed by atoms with Gasteiger partial charge in [0.2, 0.25) is 0 Å². The highest BCUT2D eigenvalue weighted by molar-refractivity contribution is 7.13. The fraction of sp³-hybridized carbons (Fsp3) is 0.167. The molecule has 7 nitrogen and oxygen atoms in total. The van der Waals surface area contributed by atoms with Crippen LogP contribution in [0, 0.1) is 10.1 Å². The molecule has 20 heavy (non-hydrogen) atoms. The second kappa shape index (κ2) is 6.22. The Hall–Kier alpha value is -2.32. The van der Waals surface area contributed by atoms with E-state index in [0.29, 0.717) is 10.6 Å². The number of nitro benzene ring substituents is 1. The van der Waals surface area contributed by atoms with Crippen LogP contribution in [-0.2, 0) is 0 Å². The summed E-state index contributed by atoms with van der Waals surface area (Å²) in [5.41, 5.74) is 0.504. The van der Waals surface area contributed by atoms with E-state index in [9.17, 15) is 14.9 Å². The molecule has 104 valence electrons. The van der Waals surface area contributed by atoms with Crippen LogP contribution in [0.2, 0.25) is 0 Å². The summed E-state index contributed by atoms with van der Waals surface area (Å²) < 4.78 is 0. The average molecular weight is 293 g/mol. The summed E-state index contributed by atoms with van der Waals surface area (Å²) >= 11 is 1.16. The number of nitro groups is 1. The summed E-state index contributed by atoms with van der Waals surface area (Å²) in [7, 11) is 0. The van der Waals surface area contributed by atoms with Gasteiger partial charge in [0, 0.05) is 18.0 Å². The van der Waals surface area contributed by atoms with Gasteiger partial charge in [-0.15, -0.1) is 11.3 Å². The molecule has 1 heterocycles. The smallest absolute Gasteiger partial charge is 0.279 e. The van der Waals surface area contributed by atoms with E-state index in [1.165, 1.54) is 11.4 Å². The summed E-state index contributed by atoms with van der Waals surface area (Å²) in [4.78, 5) is 26.2. The Morgan fingerprint density at radius 3 is 2.90 bits per heavy atom. The number of carbonyl (C=O) groups is 1. The average Bonchev–Trinajstić information content (AvgIpc) is 2.94. The summed E-state index contributed by atoms with van der Waals surface area (Å²) in [6.45, 7) is -0.0237. The van der Waals surface area contributed by atoms with E-state index in [1.54, 1.807) is 18.2 Å². The van der Waals surface area contributed by atoms with Crippen LogP contribution in [0.3, 0.4) is 0 Å². The number of aliphatic hydroxyl groups excluding tert-OH is 1. The second-order valence-electron chi connectivity index (χ2n) is 3.79. The lowest BCUT2D eigenvalue weighted by Crippen LogP contribution is -2.26. The quantitative estimate of drug-likeness (QED) is 0.641. The molecule has 0 unspecified atom stereocenters. The second-order valence-corrected chi connectivity index (χ2v) is 4.65. The van der Waals surface area contributed by atoms with Crippen molar-refractivity contribution in [3.8, 4) is 10.6 Å². The number of amides is 1. The minimum Gasteiger partial charge on any atom is -0.395 e. The van der Waals surface area contributed by atoms with E-state index in [1.807, 2.05) is 0 Å². The maximum Gasteiger partial charge on any atom is 0.279 e. The van der Waals surface area contributed by atoms with Gasteiger partial charge in [0.05, 0.1) is 17.1 Å². The first-order valence-corrected chi connectivity index (χ1v) is 6.60. The first-order chi connectivity index (χ1) is 9.63. The van der Waals surface area contributed by atoms with Crippen LogP contribution >= 0.6 is 11.3 Å². The first-order valence-electron chi connectivity index (χ1n) is 5.72. The van der Waals surface area contributed by atoms with Crippen LogP contribution in [0.1, 0.15) is 10.5 Å². The van der Waals surface area contributed by atoms with Crippen molar-refractivity contribution in [2.45, 2.75) is 0 Å². The fourth-order valence-corrected chi connectivity index (χ4v) is 2.41. The van der Waals surface area contributed by atoms with Crippen molar-refractivity contribution in [2.75, 3.05) is 13.2 Å². The van der Waals surface area contributed by atoms with Gasteiger partial charge in [0.15, 0.2) is 0 Å². The van der Waals surface area contributed by atoms with E-state index < -0.39 is 10.8 Å². The number of carbonyl (C=O) groups excluding carboxylic acids is 1. The molecule has 0 atom stereocenters. The molecular formula is C12H11N3O4S. The summed E-state index contributed by atoms with van der Waals surface area (Å²) in [5.74, 6) is -0.417. The van der Waals surface area contributed by atoms with Gasteiger partial charge >= 0.3 is 0 Å². The number of nitrogens with one attached hydrogen (secondary N) is 1. The van der Waals surface area contributed by atoms with E-state index >= 15 is 0 Å². The van der Waals surface area contributed by atoms with Gasteiger partial charge in [-0.3, -0.25) is 14.9 Å². The third kappa shape index (κ3) is 2.98. The van der Waals surface area contributed by atoms with Crippen molar-refractivity contribution in [3.05, 3.63) is 45.5 Å². The standard InChI is InChI=1S/C12H11N3O4S/c16-6-5-13-11(17)9-7-20-12(14-9)8-3-1-2-4-10(8)15(18)19/h1-4,7,16H,5-6H2,(H,13,17). The number of rotatable bonds is 5. The van der Waals surface area contributed by atoms with Crippen molar-refractivity contribution >= 4 is 22.9 Å². The normalized spacial score (nSPS) is 10.2. The highest BCUT2D eigenvalue weighted by Gasteiger charge is 2.18. The molecule has 0 bridgehead atoms. The number of thiazole rings is 1. The number of benzene rings is 1. The molecule has 0 fully saturated rings. The zero-order chi connectivity index (χ0) is 14.5. The fourth-order valence-electron chi connectivity index (χ4n) is 1.58. The van der Waals surface area contributed by atoms with Gasteiger partial charge in [-0.2, -0.15) is 0 Å². The van der Waals surface area contributed by atoms with E-state index in [2.05, 4.69) is 10.3 Å². The Labute approximate surface area is 118 Å². The molecule has 0 radical (unpaired) electrons. The van der Waals surface area contributed by atoms with E-state index in [-0.39, 0.29) is 24.5 Å². The molecule has 0 saturated heterocycles. The number of hydrogen-bond acceptors (Lipinski definition) is 6. The number of para-hydroxylation sites is 1. The van der Waals surface area contributed by atoms with Crippen LogP contribution in [0.4, 0.5) is 5.69 Å². The summed E-state index contributed by atoms with van der Waals surface area (Å²) in [6.07, 6.45) is 0. The van der Waals surface area contributed by atoms with Crippen molar-refractivity contribution in [1.82, 2.24) is 10.3 Å². The minimum absolute atomic E-state index is 0.0517. The molecule has 0 aliphatic carbocycles. The predicted molar refractivity (Wildman–Crippen MR) is 73.6 cm³/mol. The molecule has 2 rings (SSSR count). The maximum absolute atomic E-state index is 11.7. The van der Waals surface area contributed by atoms with Gasteiger partial charge in [-0.05, 0) is 6.07 Å². The summed E-state index contributed by atoms with van der Waals surface area (Å²) in [6, 6.07) is 6.23. The number of aliphatic hydroxyl groups is 1. The van der Waals surface area contributed by atoms with Crippen LogP contribution in [0.25, 0.3) is 10.6 Å². The number of hydrogen-bond donors (Lipinski definition) is 2. The van der Waals surface area contributed by atoms with Crippen LogP contribution in [-0.4, -0.2) is 34.1 Å². The molecule has 0 aliphatic rings. The molecule has 2 N–H and O–H groups in total. The molecule has 0 spiro atoms. The van der Waals surface area contributed by atoms with Crippen LogP contribution < -0.4 is 5.32 Å². The van der Waals surface area contributed by atoms with Crippen LogP contribution in [0.15, 0.2) is 29.6 Å². The van der Waals surface area contributed by atoms with Gasteiger partial charge in [-0.25, -0.2) is 4.98 Å². The van der Waals surface area contributed by atoms with Crippen molar-refractivity contribution < 1.29 is 14.8 Å². The third-order valence-corrected chi connectivity index (χ3v) is 3.34. The van der Waals surface area contributed by atoms with Gasteiger partial charge in [0.25, 0.3) is 11.6 Å². The van der Waals surface area contributed by atoms with E-state index in [4.69, 9.17) is 5.11 Å². The molecule has 2 aromatic rings. The minimum atomic E-state index is -0.484. The lowest BCUT2D eigenvalue weighted by Gasteiger charge is -1.99. The van der Waals surface area contributed by atoms with Crippen molar-refractivity contribution in [2.24, 2.45) is 0 Å². The largest absolute Gasteiger partial charge is 0.395 e. The Morgan fingerprint density at radius 2 is 2.20 bits per heavy atom. The molecule has 1 aromatic heterocycles. The zero-order valence-corrected chi connectivity index (χ0v) is 11.1.